The first-order valence-corrected chi connectivity index (χ1v) is 7.20. The van der Waals surface area contributed by atoms with Gasteiger partial charge in [-0.3, -0.25) is 9.48 Å². The number of rotatable bonds is 6. The number of aryl methyl sites for hydroxylation is 2. The fraction of sp³-hybridized carbons (Fsp3) is 0.375. The SMILES string of the molecule is CCC(CNC(=O)c1cc(C)n(C)n1)Oc1cccc(F)c1. The van der Waals surface area contributed by atoms with Crippen molar-refractivity contribution in [2.45, 2.75) is 26.4 Å². The third-order valence-electron chi connectivity index (χ3n) is 3.39. The Bertz CT molecular complexity index is 635. The van der Waals surface area contributed by atoms with Gasteiger partial charge in [0.05, 0.1) is 6.54 Å². The summed E-state index contributed by atoms with van der Waals surface area (Å²) >= 11 is 0. The highest BCUT2D eigenvalue weighted by Crippen LogP contribution is 2.14. The second-order valence-electron chi connectivity index (χ2n) is 5.11. The Balaban J connectivity index is 1.92. The number of hydrogen-bond acceptors (Lipinski definition) is 3. The molecule has 1 amide bonds. The van der Waals surface area contributed by atoms with Crippen molar-refractivity contribution in [3.05, 3.63) is 47.5 Å². The second-order valence-corrected chi connectivity index (χ2v) is 5.11. The number of ether oxygens (including phenoxy) is 1. The first kappa shape index (κ1) is 16.0. The van der Waals surface area contributed by atoms with E-state index in [-0.39, 0.29) is 17.8 Å². The van der Waals surface area contributed by atoms with E-state index in [4.69, 9.17) is 4.74 Å². The van der Waals surface area contributed by atoms with Crippen LogP contribution in [-0.4, -0.2) is 28.3 Å². The van der Waals surface area contributed by atoms with Gasteiger partial charge in [0, 0.05) is 18.8 Å². The van der Waals surface area contributed by atoms with Crippen LogP contribution in [0.4, 0.5) is 4.39 Å². The van der Waals surface area contributed by atoms with Gasteiger partial charge < -0.3 is 10.1 Å². The third-order valence-corrected chi connectivity index (χ3v) is 3.39. The monoisotopic (exact) mass is 305 g/mol. The standard InChI is InChI=1S/C16H20FN3O2/c1-4-13(22-14-7-5-6-12(17)9-14)10-18-16(21)15-8-11(2)20(3)19-15/h5-9,13H,4,10H2,1-3H3,(H,18,21). The highest BCUT2D eigenvalue weighted by Gasteiger charge is 2.14. The lowest BCUT2D eigenvalue weighted by Gasteiger charge is -2.18. The molecule has 0 saturated heterocycles. The Labute approximate surface area is 129 Å². The van der Waals surface area contributed by atoms with Crippen LogP contribution in [0.15, 0.2) is 30.3 Å². The maximum Gasteiger partial charge on any atom is 0.271 e. The van der Waals surface area contributed by atoms with Gasteiger partial charge in [0.25, 0.3) is 5.91 Å². The van der Waals surface area contributed by atoms with Crippen molar-refractivity contribution in [1.82, 2.24) is 15.1 Å². The fourth-order valence-electron chi connectivity index (χ4n) is 1.97. The summed E-state index contributed by atoms with van der Waals surface area (Å²) in [6, 6.07) is 7.69. The average molecular weight is 305 g/mol. The topological polar surface area (TPSA) is 56.2 Å². The van der Waals surface area contributed by atoms with Crippen molar-refractivity contribution in [3.63, 3.8) is 0 Å². The predicted octanol–water partition coefficient (Wildman–Crippen LogP) is 2.46. The molecule has 1 atom stereocenters. The van der Waals surface area contributed by atoms with Crippen LogP contribution in [0, 0.1) is 12.7 Å². The van der Waals surface area contributed by atoms with Gasteiger partial charge in [-0.25, -0.2) is 4.39 Å². The number of halogens is 1. The smallest absolute Gasteiger partial charge is 0.271 e. The molecule has 1 unspecified atom stereocenters. The molecule has 0 saturated carbocycles. The molecule has 2 aromatic rings. The molecule has 1 aromatic carbocycles. The molecule has 1 aromatic heterocycles. The summed E-state index contributed by atoms with van der Waals surface area (Å²) in [6.07, 6.45) is 0.466. The molecule has 0 radical (unpaired) electrons. The number of carbonyl (C=O) groups is 1. The summed E-state index contributed by atoms with van der Waals surface area (Å²) in [5.41, 5.74) is 1.29. The van der Waals surface area contributed by atoms with Crippen molar-refractivity contribution in [1.29, 1.82) is 0 Å². The molecule has 0 bridgehead atoms. The zero-order valence-corrected chi connectivity index (χ0v) is 13.0. The average Bonchev–Trinajstić information content (AvgIpc) is 2.83. The van der Waals surface area contributed by atoms with Crippen LogP contribution in [0.25, 0.3) is 0 Å². The highest BCUT2D eigenvalue weighted by molar-refractivity contribution is 5.92. The number of amides is 1. The van der Waals surface area contributed by atoms with Crippen LogP contribution >= 0.6 is 0 Å². The summed E-state index contributed by atoms with van der Waals surface area (Å²) in [5, 5.41) is 6.92. The van der Waals surface area contributed by atoms with Gasteiger partial charge in [-0.2, -0.15) is 5.10 Å². The van der Waals surface area contributed by atoms with E-state index in [0.717, 1.165) is 5.69 Å². The van der Waals surface area contributed by atoms with Gasteiger partial charge in [0.2, 0.25) is 0 Å². The van der Waals surface area contributed by atoms with Crippen molar-refractivity contribution in [2.75, 3.05) is 6.54 Å². The minimum absolute atomic E-state index is 0.226. The van der Waals surface area contributed by atoms with E-state index in [1.54, 1.807) is 29.9 Å². The maximum atomic E-state index is 13.1. The van der Waals surface area contributed by atoms with E-state index in [1.807, 2.05) is 13.8 Å². The number of nitrogens with zero attached hydrogens (tertiary/aromatic N) is 2. The molecule has 1 N–H and O–H groups in total. The van der Waals surface area contributed by atoms with Crippen LogP contribution < -0.4 is 10.1 Å². The largest absolute Gasteiger partial charge is 0.489 e. The molecule has 1 heterocycles. The number of carbonyl (C=O) groups excluding carboxylic acids is 1. The van der Waals surface area contributed by atoms with E-state index >= 15 is 0 Å². The van der Waals surface area contributed by atoms with Crippen LogP contribution in [0.1, 0.15) is 29.5 Å². The Morgan fingerprint density at radius 3 is 2.82 bits per heavy atom. The zero-order chi connectivity index (χ0) is 16.1. The van der Waals surface area contributed by atoms with E-state index < -0.39 is 0 Å². The van der Waals surface area contributed by atoms with Crippen molar-refractivity contribution in [3.8, 4) is 5.75 Å². The van der Waals surface area contributed by atoms with Crippen LogP contribution in [0.3, 0.4) is 0 Å². The van der Waals surface area contributed by atoms with Crippen LogP contribution in [-0.2, 0) is 7.05 Å². The minimum Gasteiger partial charge on any atom is -0.489 e. The van der Waals surface area contributed by atoms with E-state index in [0.29, 0.717) is 24.4 Å². The van der Waals surface area contributed by atoms with Gasteiger partial charge in [-0.15, -0.1) is 0 Å². The second kappa shape index (κ2) is 7.06. The summed E-state index contributed by atoms with van der Waals surface area (Å²) in [7, 11) is 1.79. The number of aromatic nitrogens is 2. The van der Waals surface area contributed by atoms with Crippen molar-refractivity contribution in [2.24, 2.45) is 7.05 Å². The first-order valence-electron chi connectivity index (χ1n) is 7.20. The van der Waals surface area contributed by atoms with Gasteiger partial charge in [-0.05, 0) is 31.5 Å². The molecule has 118 valence electrons. The van der Waals surface area contributed by atoms with E-state index in [2.05, 4.69) is 10.4 Å². The predicted molar refractivity (Wildman–Crippen MR) is 81.4 cm³/mol. The third kappa shape index (κ3) is 4.07. The van der Waals surface area contributed by atoms with Crippen molar-refractivity contribution >= 4 is 5.91 Å². The van der Waals surface area contributed by atoms with Gasteiger partial charge in [0.1, 0.15) is 23.4 Å². The van der Waals surface area contributed by atoms with E-state index in [9.17, 15) is 9.18 Å². The summed E-state index contributed by atoms with van der Waals surface area (Å²) in [4.78, 5) is 12.0. The van der Waals surface area contributed by atoms with Crippen LogP contribution in [0.2, 0.25) is 0 Å². The molecule has 5 nitrogen and oxygen atoms in total. The van der Waals surface area contributed by atoms with Crippen LogP contribution in [0.5, 0.6) is 5.75 Å². The molecule has 2 rings (SSSR count). The number of benzene rings is 1. The Hall–Kier alpha value is -2.37. The Morgan fingerprint density at radius 2 is 2.23 bits per heavy atom. The fourth-order valence-corrected chi connectivity index (χ4v) is 1.97. The molecular formula is C16H20FN3O2. The Morgan fingerprint density at radius 1 is 1.45 bits per heavy atom. The maximum absolute atomic E-state index is 13.1. The lowest BCUT2D eigenvalue weighted by atomic mass is 10.2. The quantitative estimate of drug-likeness (QED) is 0.892. The van der Waals surface area contributed by atoms with Gasteiger partial charge in [0.15, 0.2) is 0 Å². The Kier molecular flexibility index (Phi) is 5.14. The lowest BCUT2D eigenvalue weighted by molar-refractivity contribution is 0.0920. The van der Waals surface area contributed by atoms with Gasteiger partial charge in [-0.1, -0.05) is 13.0 Å². The molecule has 0 spiro atoms. The molecule has 0 aliphatic heterocycles. The van der Waals surface area contributed by atoms with Crippen molar-refractivity contribution < 1.29 is 13.9 Å². The molecule has 6 heteroatoms. The van der Waals surface area contributed by atoms with E-state index in [1.165, 1.54) is 12.1 Å². The minimum atomic E-state index is -0.347. The summed E-state index contributed by atoms with van der Waals surface area (Å²) in [5.74, 6) is -0.139. The number of nitrogens with one attached hydrogen (secondary N) is 1. The molecule has 0 fully saturated rings. The lowest BCUT2D eigenvalue weighted by Crippen LogP contribution is -2.35. The summed E-state index contributed by atoms with van der Waals surface area (Å²) < 4.78 is 20.5. The molecule has 0 aliphatic rings. The summed E-state index contributed by atoms with van der Waals surface area (Å²) in [6.45, 7) is 4.16. The molecular weight excluding hydrogens is 285 g/mol. The molecule has 22 heavy (non-hydrogen) atoms. The first-order chi connectivity index (χ1) is 10.5. The molecule has 0 aliphatic carbocycles. The van der Waals surface area contributed by atoms with Gasteiger partial charge >= 0.3 is 0 Å². The normalized spacial score (nSPS) is 12.0. The zero-order valence-electron chi connectivity index (χ0n) is 13.0. The highest BCUT2D eigenvalue weighted by atomic mass is 19.1. The number of hydrogen-bond donors (Lipinski definition) is 1.